The maximum Gasteiger partial charge on any atom is 0.394 e. The van der Waals surface area contributed by atoms with Crippen LogP contribution in [-0.4, -0.2) is 81.0 Å². The number of hydrogen-bond acceptors (Lipinski definition) is 8. The molecule has 126 valence electrons. The molecule has 10 nitrogen and oxygen atoms in total. The molecule has 0 aromatic heterocycles. The van der Waals surface area contributed by atoms with Crippen LogP contribution in [0.4, 0.5) is 0 Å². The lowest BCUT2D eigenvalue weighted by molar-refractivity contribution is -0.150. The third kappa shape index (κ3) is 8.71. The van der Waals surface area contributed by atoms with E-state index < -0.39 is 49.1 Å². The van der Waals surface area contributed by atoms with Crippen LogP contribution in [0.5, 0.6) is 0 Å². The van der Waals surface area contributed by atoms with Crippen molar-refractivity contribution in [1.82, 2.24) is 10.6 Å². The van der Waals surface area contributed by atoms with Crippen LogP contribution >= 0.6 is 21.6 Å². The quantitative estimate of drug-likeness (QED) is 0.147. The molecule has 0 rings (SSSR count). The Hall–Kier alpha value is -1.50. The molecule has 0 fully saturated rings. The summed E-state index contributed by atoms with van der Waals surface area (Å²) in [7, 11) is 2.32. The second kappa shape index (κ2) is 11.1. The first-order chi connectivity index (χ1) is 10.3. The van der Waals surface area contributed by atoms with E-state index >= 15 is 0 Å². The molecule has 0 aliphatic heterocycles. The van der Waals surface area contributed by atoms with Crippen LogP contribution in [-0.2, 0) is 19.2 Å². The molecular weight excluding hydrogens is 340 g/mol. The van der Waals surface area contributed by atoms with Gasteiger partial charge in [-0.2, -0.15) is 0 Å². The zero-order valence-corrected chi connectivity index (χ0v) is 12.9. The molecule has 0 radical (unpaired) electrons. The number of carbonyl (C=O) groups excluding carboxylic acids is 2. The molecule has 2 amide bonds. The lowest BCUT2D eigenvalue weighted by Crippen LogP contribution is -2.43. The van der Waals surface area contributed by atoms with E-state index in [9.17, 15) is 19.2 Å². The van der Waals surface area contributed by atoms with Crippen LogP contribution in [0.3, 0.4) is 0 Å². The number of amides is 2. The molecule has 0 spiro atoms. The smallest absolute Gasteiger partial charge is 0.394 e. The largest absolute Gasteiger partial charge is 0.474 e. The van der Waals surface area contributed by atoms with Crippen molar-refractivity contribution >= 4 is 45.3 Å². The average molecular weight is 356 g/mol. The van der Waals surface area contributed by atoms with E-state index in [0.29, 0.717) is 0 Å². The van der Waals surface area contributed by atoms with Crippen molar-refractivity contribution in [3.8, 4) is 0 Å². The molecule has 22 heavy (non-hydrogen) atoms. The van der Waals surface area contributed by atoms with Crippen molar-refractivity contribution in [1.29, 1.82) is 0 Å². The Bertz CT molecular complexity index is 382. The monoisotopic (exact) mass is 356 g/mol. The molecular formula is C10H16N2O8S2. The van der Waals surface area contributed by atoms with E-state index in [4.69, 9.17) is 20.4 Å². The summed E-state index contributed by atoms with van der Waals surface area (Å²) in [6.07, 6.45) is 0. The number of rotatable bonds is 9. The van der Waals surface area contributed by atoms with Gasteiger partial charge >= 0.3 is 23.8 Å². The van der Waals surface area contributed by atoms with E-state index in [1.165, 1.54) is 0 Å². The number of aliphatic carboxylic acids is 2. The Morgan fingerprint density at radius 2 is 1.09 bits per heavy atom. The maximum atomic E-state index is 10.9. The van der Waals surface area contributed by atoms with Gasteiger partial charge in [0.05, 0.1) is 25.3 Å². The maximum absolute atomic E-state index is 10.9. The van der Waals surface area contributed by atoms with Gasteiger partial charge in [0.1, 0.15) is 0 Å². The Kier molecular flexibility index (Phi) is 10.4. The van der Waals surface area contributed by atoms with Crippen molar-refractivity contribution in [2.24, 2.45) is 0 Å². The highest BCUT2D eigenvalue weighted by Gasteiger charge is 2.19. The molecule has 0 saturated heterocycles. The number of carboxylic acid groups (broad SMARTS) is 2. The summed E-state index contributed by atoms with van der Waals surface area (Å²) in [5.41, 5.74) is 0. The van der Waals surface area contributed by atoms with Crippen LogP contribution in [0.1, 0.15) is 0 Å². The first-order valence-electron chi connectivity index (χ1n) is 5.85. The summed E-state index contributed by atoms with van der Waals surface area (Å²) in [5, 5.41) is 39.0. The molecule has 0 saturated carbocycles. The second-order valence-corrected chi connectivity index (χ2v) is 6.44. The topological polar surface area (TPSA) is 173 Å². The third-order valence-corrected chi connectivity index (χ3v) is 4.68. The van der Waals surface area contributed by atoms with E-state index in [1.807, 2.05) is 0 Å². The predicted molar refractivity (Wildman–Crippen MR) is 78.2 cm³/mol. The SMILES string of the molecule is O=C(O)C(=O)NC(CO)CSSCC(CO)NC(=O)C(=O)O. The lowest BCUT2D eigenvalue weighted by atomic mass is 10.3. The molecule has 0 heterocycles. The van der Waals surface area contributed by atoms with Crippen molar-refractivity contribution in [2.75, 3.05) is 24.7 Å². The number of carboxylic acids is 2. The highest BCUT2D eigenvalue weighted by molar-refractivity contribution is 8.76. The Labute approximate surface area is 133 Å². The molecule has 0 aliphatic carbocycles. The predicted octanol–water partition coefficient (Wildman–Crippen LogP) is -2.51. The average Bonchev–Trinajstić information content (AvgIpc) is 2.47. The Morgan fingerprint density at radius 3 is 1.32 bits per heavy atom. The summed E-state index contributed by atoms with van der Waals surface area (Å²) >= 11 is 0. The Morgan fingerprint density at radius 1 is 0.773 bits per heavy atom. The molecule has 0 bridgehead atoms. The minimum absolute atomic E-state index is 0.186. The van der Waals surface area contributed by atoms with Crippen molar-refractivity contribution in [2.45, 2.75) is 12.1 Å². The van der Waals surface area contributed by atoms with Gasteiger partial charge in [0.25, 0.3) is 0 Å². The van der Waals surface area contributed by atoms with Crippen molar-refractivity contribution in [3.63, 3.8) is 0 Å². The molecule has 12 heteroatoms. The van der Waals surface area contributed by atoms with E-state index in [0.717, 1.165) is 21.6 Å². The highest BCUT2D eigenvalue weighted by Crippen LogP contribution is 2.22. The van der Waals surface area contributed by atoms with Gasteiger partial charge in [0.15, 0.2) is 0 Å². The molecule has 0 aliphatic rings. The zero-order valence-electron chi connectivity index (χ0n) is 11.2. The normalized spacial score (nSPS) is 13.0. The highest BCUT2D eigenvalue weighted by atomic mass is 33.1. The van der Waals surface area contributed by atoms with Gasteiger partial charge in [-0.1, -0.05) is 21.6 Å². The van der Waals surface area contributed by atoms with Crippen LogP contribution in [0, 0.1) is 0 Å². The fourth-order valence-electron chi connectivity index (χ4n) is 1.03. The summed E-state index contributed by atoms with van der Waals surface area (Å²) < 4.78 is 0. The first-order valence-corrected chi connectivity index (χ1v) is 8.34. The fourth-order valence-corrected chi connectivity index (χ4v) is 3.50. The lowest BCUT2D eigenvalue weighted by Gasteiger charge is -2.16. The van der Waals surface area contributed by atoms with Crippen molar-refractivity contribution < 1.29 is 39.6 Å². The van der Waals surface area contributed by atoms with Crippen LogP contribution in [0.15, 0.2) is 0 Å². The molecule has 2 unspecified atom stereocenters. The summed E-state index contributed by atoms with van der Waals surface area (Å²) in [5.74, 6) is -5.41. The van der Waals surface area contributed by atoms with Crippen molar-refractivity contribution in [3.05, 3.63) is 0 Å². The fraction of sp³-hybridized carbons (Fsp3) is 0.600. The minimum Gasteiger partial charge on any atom is -0.474 e. The van der Waals surface area contributed by atoms with Gasteiger partial charge < -0.3 is 31.1 Å². The van der Waals surface area contributed by atoms with E-state index in [-0.39, 0.29) is 11.5 Å². The van der Waals surface area contributed by atoms with Crippen LogP contribution in [0.25, 0.3) is 0 Å². The molecule has 0 aromatic carbocycles. The number of aliphatic hydroxyl groups excluding tert-OH is 2. The number of aliphatic hydroxyl groups is 2. The van der Waals surface area contributed by atoms with Gasteiger partial charge in [-0.25, -0.2) is 9.59 Å². The van der Waals surface area contributed by atoms with Crippen LogP contribution in [0.2, 0.25) is 0 Å². The minimum atomic E-state index is -1.66. The number of carbonyl (C=O) groups is 4. The first kappa shape index (κ1) is 20.5. The third-order valence-electron chi connectivity index (χ3n) is 2.12. The summed E-state index contributed by atoms with van der Waals surface area (Å²) in [6, 6.07) is -1.52. The second-order valence-electron chi connectivity index (χ2n) is 3.89. The number of nitrogens with one attached hydrogen (secondary N) is 2. The van der Waals surface area contributed by atoms with Gasteiger partial charge in [0.2, 0.25) is 0 Å². The van der Waals surface area contributed by atoms with Crippen LogP contribution < -0.4 is 10.6 Å². The zero-order chi connectivity index (χ0) is 17.1. The summed E-state index contributed by atoms with van der Waals surface area (Å²) in [6.45, 7) is -0.905. The van der Waals surface area contributed by atoms with Gasteiger partial charge in [-0.15, -0.1) is 0 Å². The van der Waals surface area contributed by atoms with Gasteiger partial charge in [-0.05, 0) is 0 Å². The Balaban J connectivity index is 4.06. The standard InChI is InChI=1S/C10H16N2O8S2/c13-1-5(11-7(15)9(17)18)3-21-22-4-6(2-14)12-8(16)10(19)20/h5-6,13-14H,1-4H2,(H,11,15)(H,12,16)(H,17,18)(H,19,20). The molecule has 6 N–H and O–H groups in total. The summed E-state index contributed by atoms with van der Waals surface area (Å²) in [4.78, 5) is 42.5. The number of hydrogen-bond donors (Lipinski definition) is 6. The van der Waals surface area contributed by atoms with Gasteiger partial charge in [-0.3, -0.25) is 9.59 Å². The molecule has 2 atom stereocenters. The van der Waals surface area contributed by atoms with Gasteiger partial charge in [0, 0.05) is 11.5 Å². The van der Waals surface area contributed by atoms with E-state index in [1.54, 1.807) is 0 Å². The molecule has 0 aromatic rings. The van der Waals surface area contributed by atoms with E-state index in [2.05, 4.69) is 10.6 Å².